The maximum atomic E-state index is 11.7. The van der Waals surface area contributed by atoms with E-state index in [-0.39, 0.29) is 23.8 Å². The highest BCUT2D eigenvalue weighted by atomic mass is 32.2. The minimum atomic E-state index is -4.14. The van der Waals surface area contributed by atoms with Crippen molar-refractivity contribution < 1.29 is 13.0 Å². The highest BCUT2D eigenvalue weighted by Gasteiger charge is 2.51. The Morgan fingerprint density at radius 1 is 0.633 bits per heavy atom. The van der Waals surface area contributed by atoms with Crippen LogP contribution in [0.1, 0.15) is 102 Å². The Morgan fingerprint density at radius 3 is 1.27 bits per heavy atom. The van der Waals surface area contributed by atoms with E-state index in [0.717, 1.165) is 17.8 Å². The summed E-state index contributed by atoms with van der Waals surface area (Å²) in [6.07, 6.45) is 20.1. The molecule has 3 nitrogen and oxygen atoms in total. The minimum Gasteiger partial charge on any atom is -0.282 e. The quantitative estimate of drug-likeness (QED) is 0.488. The lowest BCUT2D eigenvalue weighted by Crippen LogP contribution is -2.50. The number of hydrogen-bond acceptors (Lipinski definition) is 2. The summed E-state index contributed by atoms with van der Waals surface area (Å²) in [7, 11) is -4.14. The topological polar surface area (TPSA) is 54.4 Å². The predicted molar refractivity (Wildman–Crippen MR) is 128 cm³/mol. The van der Waals surface area contributed by atoms with Crippen LogP contribution in [0, 0.1) is 17.8 Å². The normalized spacial score (nSPS) is 23.1. The maximum Gasteiger partial charge on any atom is 0.294 e. The van der Waals surface area contributed by atoms with Crippen LogP contribution in [0.5, 0.6) is 0 Å². The molecule has 170 valence electrons. The molecule has 0 heterocycles. The Labute approximate surface area is 190 Å². The van der Waals surface area contributed by atoms with Crippen LogP contribution in [0.2, 0.25) is 0 Å². The van der Waals surface area contributed by atoms with E-state index in [1.807, 2.05) is 0 Å². The third kappa shape index (κ3) is 4.78. The van der Waals surface area contributed by atoms with Crippen molar-refractivity contribution in [3.8, 4) is 0 Å². The molecule has 0 amide bonds. The number of benzene rings is 1. The number of rotatable bonds is 5. The average Bonchev–Trinajstić information content (AvgIpc) is 2.76. The lowest BCUT2D eigenvalue weighted by molar-refractivity contribution is 0.0243. The van der Waals surface area contributed by atoms with E-state index >= 15 is 0 Å². The summed E-state index contributed by atoms with van der Waals surface area (Å²) >= 11 is 0. The Hall–Kier alpha value is -0.520. The van der Waals surface area contributed by atoms with Crippen molar-refractivity contribution in [3.05, 3.63) is 29.8 Å². The van der Waals surface area contributed by atoms with Gasteiger partial charge in [0.2, 0.25) is 0 Å². The van der Waals surface area contributed by atoms with Crippen molar-refractivity contribution >= 4 is 23.6 Å². The Balaban J connectivity index is 0.00000256. The van der Waals surface area contributed by atoms with Gasteiger partial charge >= 0.3 is 0 Å². The zero-order valence-electron chi connectivity index (χ0n) is 18.3. The van der Waals surface area contributed by atoms with E-state index in [1.165, 1.54) is 102 Å². The van der Waals surface area contributed by atoms with E-state index < -0.39 is 10.1 Å². The van der Waals surface area contributed by atoms with Crippen molar-refractivity contribution in [2.75, 3.05) is 0 Å². The van der Waals surface area contributed by atoms with Gasteiger partial charge in [-0.2, -0.15) is 21.9 Å². The highest BCUT2D eigenvalue weighted by Crippen LogP contribution is 2.57. The Bertz CT molecular complexity index is 709. The molecule has 3 aliphatic carbocycles. The van der Waals surface area contributed by atoms with Crippen LogP contribution in [0.4, 0.5) is 0 Å². The van der Waals surface area contributed by atoms with Crippen molar-refractivity contribution in [3.63, 3.8) is 0 Å². The molecule has 3 saturated carbocycles. The predicted octanol–water partition coefficient (Wildman–Crippen LogP) is 7.02. The smallest absolute Gasteiger partial charge is 0.282 e. The molecule has 30 heavy (non-hydrogen) atoms. The van der Waals surface area contributed by atoms with E-state index in [4.69, 9.17) is 0 Å². The molecule has 4 rings (SSSR count). The molecule has 0 aromatic heterocycles. The van der Waals surface area contributed by atoms with Crippen molar-refractivity contribution in [1.82, 2.24) is 0 Å². The van der Waals surface area contributed by atoms with E-state index in [0.29, 0.717) is 0 Å². The van der Waals surface area contributed by atoms with Gasteiger partial charge in [0.1, 0.15) is 0 Å². The van der Waals surface area contributed by atoms with Crippen LogP contribution in [0.25, 0.3) is 0 Å². The fraction of sp³-hybridized carbons (Fsp3) is 0.760. The average molecular weight is 453 g/mol. The second-order valence-corrected chi connectivity index (χ2v) is 11.4. The molecular weight excluding hydrogens is 412 g/mol. The molecule has 1 aromatic carbocycles. The fourth-order valence-corrected chi connectivity index (χ4v) is 7.84. The lowest BCUT2D eigenvalue weighted by atomic mass is 9.49. The van der Waals surface area contributed by atoms with Gasteiger partial charge in [0, 0.05) is 5.41 Å². The summed E-state index contributed by atoms with van der Waals surface area (Å²) in [5.74, 6) is 2.16. The SMILES string of the molecule is O=S(=O)(O)c1ccc(C(C2CCCCC2)(C2CCCCC2)C2CCCCC2)cc1.S. The molecule has 0 spiro atoms. The second kappa shape index (κ2) is 10.4. The molecule has 0 bridgehead atoms. The van der Waals surface area contributed by atoms with Gasteiger partial charge in [0.15, 0.2) is 0 Å². The third-order valence-corrected chi connectivity index (χ3v) is 9.36. The minimum absolute atomic E-state index is 0. The molecule has 0 unspecified atom stereocenters. The first kappa shape index (κ1) is 24.1. The Kier molecular flexibility index (Phi) is 8.36. The van der Waals surface area contributed by atoms with Crippen LogP contribution in [-0.4, -0.2) is 13.0 Å². The van der Waals surface area contributed by atoms with Crippen molar-refractivity contribution in [2.24, 2.45) is 17.8 Å². The molecule has 1 aromatic rings. The summed E-state index contributed by atoms with van der Waals surface area (Å²) in [6, 6.07) is 7.46. The standard InChI is InChI=1S/C25H38O3S.H2S/c26-29(27,28)24-18-16-23(17-19-24)25(20-10-4-1-5-11-20,21-12-6-2-7-13-21)22-14-8-3-9-15-22;/h16-22H,1-15H2,(H,26,27,28);1H2. The molecule has 3 fully saturated rings. The first-order valence-corrected chi connectivity index (χ1v) is 13.5. The molecule has 3 aliphatic rings. The van der Waals surface area contributed by atoms with Crippen LogP contribution < -0.4 is 0 Å². The van der Waals surface area contributed by atoms with Gasteiger partial charge in [-0.05, 0) is 74.0 Å². The first-order valence-electron chi connectivity index (χ1n) is 12.1. The van der Waals surface area contributed by atoms with Crippen LogP contribution in [-0.2, 0) is 15.5 Å². The second-order valence-electron chi connectivity index (χ2n) is 9.94. The molecular formula is C25H40O3S2. The molecule has 5 heteroatoms. The largest absolute Gasteiger partial charge is 0.294 e. The maximum absolute atomic E-state index is 11.7. The van der Waals surface area contributed by atoms with Gasteiger partial charge < -0.3 is 0 Å². The van der Waals surface area contributed by atoms with Crippen LogP contribution >= 0.6 is 13.5 Å². The molecule has 0 saturated heterocycles. The molecule has 0 atom stereocenters. The molecule has 0 radical (unpaired) electrons. The molecule has 0 aliphatic heterocycles. The zero-order valence-corrected chi connectivity index (χ0v) is 20.1. The van der Waals surface area contributed by atoms with Crippen LogP contribution in [0.15, 0.2) is 29.2 Å². The highest BCUT2D eigenvalue weighted by molar-refractivity contribution is 7.85. The van der Waals surface area contributed by atoms with Gasteiger partial charge in [0.25, 0.3) is 10.1 Å². The van der Waals surface area contributed by atoms with Gasteiger partial charge in [-0.1, -0.05) is 69.9 Å². The summed E-state index contributed by atoms with van der Waals surface area (Å²) in [5, 5.41) is 0. The van der Waals surface area contributed by atoms with E-state index in [9.17, 15) is 13.0 Å². The molecule has 1 N–H and O–H groups in total. The Morgan fingerprint density at radius 2 is 0.967 bits per heavy atom. The van der Waals surface area contributed by atoms with Gasteiger partial charge in [-0.25, -0.2) is 0 Å². The fourth-order valence-electron chi connectivity index (χ4n) is 7.36. The summed E-state index contributed by atoms with van der Waals surface area (Å²) in [5.41, 5.74) is 1.56. The summed E-state index contributed by atoms with van der Waals surface area (Å²) < 4.78 is 32.8. The van der Waals surface area contributed by atoms with Crippen molar-refractivity contribution in [2.45, 2.75) is 107 Å². The summed E-state index contributed by atoms with van der Waals surface area (Å²) in [4.78, 5) is 0.0334. The van der Waals surface area contributed by atoms with Gasteiger partial charge in [-0.15, -0.1) is 0 Å². The van der Waals surface area contributed by atoms with Crippen molar-refractivity contribution in [1.29, 1.82) is 0 Å². The monoisotopic (exact) mass is 452 g/mol. The first-order chi connectivity index (χ1) is 14.0. The third-order valence-electron chi connectivity index (χ3n) is 8.49. The van der Waals surface area contributed by atoms with Crippen LogP contribution in [0.3, 0.4) is 0 Å². The summed E-state index contributed by atoms with van der Waals surface area (Å²) in [6.45, 7) is 0. The lowest BCUT2D eigenvalue weighted by Gasteiger charge is -2.55. The number of hydrogen-bond donors (Lipinski definition) is 1. The van der Waals surface area contributed by atoms with Gasteiger partial charge in [-0.3, -0.25) is 4.55 Å². The van der Waals surface area contributed by atoms with E-state index in [2.05, 4.69) is 12.1 Å². The van der Waals surface area contributed by atoms with Gasteiger partial charge in [0.05, 0.1) is 4.90 Å². The van der Waals surface area contributed by atoms with E-state index in [1.54, 1.807) is 12.1 Å². The zero-order chi connectivity index (χ0) is 20.3.